The lowest BCUT2D eigenvalue weighted by molar-refractivity contribution is 0.0947. The molecule has 2 amide bonds. The molecule has 154 valence electrons. The monoisotopic (exact) mass is 459 g/mol. The maximum absolute atomic E-state index is 12.8. The van der Waals surface area contributed by atoms with E-state index in [0.717, 1.165) is 42.5 Å². The summed E-state index contributed by atoms with van der Waals surface area (Å²) in [4.78, 5) is 27.7. The van der Waals surface area contributed by atoms with Crippen LogP contribution in [0.4, 0.5) is 11.4 Å². The summed E-state index contributed by atoms with van der Waals surface area (Å²) in [6, 6.07) is 12.8. The van der Waals surface area contributed by atoms with Crippen LogP contribution in [0, 0.1) is 0 Å². The molecule has 0 spiro atoms. The summed E-state index contributed by atoms with van der Waals surface area (Å²) in [7, 11) is 1.64. The van der Waals surface area contributed by atoms with E-state index in [2.05, 4.69) is 31.5 Å². The molecule has 1 fully saturated rings. The molecule has 0 bridgehead atoms. The number of anilines is 2. The average molecular weight is 460 g/mol. The first-order chi connectivity index (χ1) is 14.1. The van der Waals surface area contributed by atoms with E-state index >= 15 is 0 Å². The van der Waals surface area contributed by atoms with Crippen molar-refractivity contribution in [3.05, 3.63) is 58.1 Å². The lowest BCUT2D eigenvalue weighted by atomic mass is 10.1. The highest BCUT2D eigenvalue weighted by atomic mass is 79.9. The number of benzene rings is 2. The molecule has 2 N–H and O–H groups in total. The zero-order chi connectivity index (χ0) is 20.6. The number of methoxy groups -OCH3 is 1. The first-order valence-electron chi connectivity index (χ1n) is 9.82. The Morgan fingerprint density at radius 1 is 1.07 bits per heavy atom. The first kappa shape index (κ1) is 21.3. The van der Waals surface area contributed by atoms with E-state index in [1.807, 2.05) is 30.3 Å². The maximum atomic E-state index is 12.8. The highest BCUT2D eigenvalue weighted by Crippen LogP contribution is 2.28. The van der Waals surface area contributed by atoms with E-state index in [9.17, 15) is 9.59 Å². The third-order valence-electron chi connectivity index (χ3n) is 4.88. The molecule has 0 radical (unpaired) electrons. The van der Waals surface area contributed by atoms with Crippen molar-refractivity contribution in [3.8, 4) is 0 Å². The van der Waals surface area contributed by atoms with Gasteiger partial charge in [-0.15, -0.1) is 0 Å². The van der Waals surface area contributed by atoms with Gasteiger partial charge in [-0.25, -0.2) is 0 Å². The van der Waals surface area contributed by atoms with Gasteiger partial charge in [0.15, 0.2) is 0 Å². The summed E-state index contributed by atoms with van der Waals surface area (Å²) < 4.78 is 5.76. The molecule has 0 aromatic heterocycles. The van der Waals surface area contributed by atoms with Crippen LogP contribution in [-0.4, -0.2) is 45.2 Å². The second kappa shape index (κ2) is 10.4. The van der Waals surface area contributed by atoms with Crippen LogP contribution in [0.25, 0.3) is 0 Å². The second-order valence-corrected chi connectivity index (χ2v) is 7.82. The number of nitrogens with one attached hydrogen (secondary N) is 2. The van der Waals surface area contributed by atoms with Crippen LogP contribution in [0.1, 0.15) is 40.0 Å². The van der Waals surface area contributed by atoms with Crippen LogP contribution in [0.15, 0.2) is 46.9 Å². The zero-order valence-electron chi connectivity index (χ0n) is 16.5. The Hall–Kier alpha value is -2.38. The molecule has 1 aliphatic heterocycles. The van der Waals surface area contributed by atoms with Crippen molar-refractivity contribution in [3.63, 3.8) is 0 Å². The highest BCUT2D eigenvalue weighted by Gasteiger charge is 2.20. The number of ether oxygens (including phenoxy) is 1. The van der Waals surface area contributed by atoms with Crippen LogP contribution < -0.4 is 15.5 Å². The van der Waals surface area contributed by atoms with Crippen molar-refractivity contribution in [2.75, 3.05) is 43.6 Å². The van der Waals surface area contributed by atoms with Gasteiger partial charge in [0.2, 0.25) is 0 Å². The number of nitrogens with zero attached hydrogens (tertiary/aromatic N) is 1. The van der Waals surface area contributed by atoms with Crippen molar-refractivity contribution < 1.29 is 14.3 Å². The van der Waals surface area contributed by atoms with Gasteiger partial charge in [-0.2, -0.15) is 0 Å². The summed E-state index contributed by atoms with van der Waals surface area (Å²) in [6.45, 7) is 3.01. The fraction of sp³-hybridized carbons (Fsp3) is 0.364. The summed E-state index contributed by atoms with van der Waals surface area (Å²) in [5.74, 6) is -0.363. The molecule has 0 unspecified atom stereocenters. The normalized spacial score (nSPS) is 13.4. The van der Waals surface area contributed by atoms with Gasteiger partial charge in [0, 0.05) is 49.2 Å². The Morgan fingerprint density at radius 3 is 2.55 bits per heavy atom. The highest BCUT2D eigenvalue weighted by molar-refractivity contribution is 9.10. The summed E-state index contributed by atoms with van der Waals surface area (Å²) >= 11 is 3.40. The zero-order valence-corrected chi connectivity index (χ0v) is 18.1. The summed E-state index contributed by atoms with van der Waals surface area (Å²) in [5, 5.41) is 5.85. The van der Waals surface area contributed by atoms with Crippen LogP contribution in [-0.2, 0) is 4.74 Å². The minimum atomic E-state index is -0.224. The molecule has 0 aliphatic carbocycles. The van der Waals surface area contributed by atoms with Gasteiger partial charge in [0.05, 0.1) is 11.1 Å². The van der Waals surface area contributed by atoms with Crippen LogP contribution in [0.5, 0.6) is 0 Å². The number of carbonyl (C=O) groups excluding carboxylic acids is 2. The first-order valence-corrected chi connectivity index (χ1v) is 10.6. The predicted octanol–water partition coefficient (Wildman–Crippen LogP) is 4.07. The molecule has 2 aromatic rings. The fourth-order valence-corrected chi connectivity index (χ4v) is 3.85. The van der Waals surface area contributed by atoms with Crippen molar-refractivity contribution in [2.45, 2.75) is 19.3 Å². The number of hydrogen-bond donors (Lipinski definition) is 2. The average Bonchev–Trinajstić information content (AvgIpc) is 3.26. The molecular formula is C22H26BrN3O3. The number of rotatable bonds is 8. The molecule has 29 heavy (non-hydrogen) atoms. The molecule has 6 nitrogen and oxygen atoms in total. The van der Waals surface area contributed by atoms with Crippen molar-refractivity contribution in [1.29, 1.82) is 0 Å². The van der Waals surface area contributed by atoms with E-state index in [1.54, 1.807) is 19.2 Å². The minimum Gasteiger partial charge on any atom is -0.385 e. The minimum absolute atomic E-state index is 0.139. The lowest BCUT2D eigenvalue weighted by Crippen LogP contribution is -2.29. The molecule has 0 atom stereocenters. The molecule has 3 rings (SSSR count). The van der Waals surface area contributed by atoms with Gasteiger partial charge in [0.1, 0.15) is 0 Å². The van der Waals surface area contributed by atoms with Gasteiger partial charge in [0.25, 0.3) is 11.8 Å². The van der Waals surface area contributed by atoms with Crippen LogP contribution in [0.2, 0.25) is 0 Å². The van der Waals surface area contributed by atoms with E-state index in [4.69, 9.17) is 4.74 Å². The Morgan fingerprint density at radius 2 is 1.83 bits per heavy atom. The molecule has 1 saturated heterocycles. The molecular weight excluding hydrogens is 434 g/mol. The largest absolute Gasteiger partial charge is 0.385 e. The maximum Gasteiger partial charge on any atom is 0.256 e. The fourth-order valence-electron chi connectivity index (χ4n) is 3.39. The molecule has 1 aliphatic rings. The Kier molecular flexibility index (Phi) is 7.66. The molecule has 1 heterocycles. The lowest BCUT2D eigenvalue weighted by Gasteiger charge is -2.22. The third kappa shape index (κ3) is 5.58. The van der Waals surface area contributed by atoms with Gasteiger partial charge in [-0.3, -0.25) is 9.59 Å². The number of carbonyl (C=O) groups is 2. The topological polar surface area (TPSA) is 70.7 Å². The Labute approximate surface area is 179 Å². The summed E-state index contributed by atoms with van der Waals surface area (Å²) in [5.41, 5.74) is 2.62. The van der Waals surface area contributed by atoms with Gasteiger partial charge < -0.3 is 20.3 Å². The van der Waals surface area contributed by atoms with E-state index in [-0.39, 0.29) is 11.8 Å². The SMILES string of the molecule is COCCCNC(=O)c1cc(NC(=O)c2ccccc2Br)ccc1N1CCCC1. The Bertz CT molecular complexity index is 866. The van der Waals surface area contributed by atoms with E-state index in [1.165, 1.54) is 0 Å². The Balaban J connectivity index is 1.80. The van der Waals surface area contributed by atoms with Gasteiger partial charge >= 0.3 is 0 Å². The molecule has 2 aromatic carbocycles. The van der Waals surface area contributed by atoms with Crippen LogP contribution in [0.3, 0.4) is 0 Å². The number of hydrogen-bond acceptors (Lipinski definition) is 4. The smallest absolute Gasteiger partial charge is 0.256 e. The quantitative estimate of drug-likeness (QED) is 0.583. The second-order valence-electron chi connectivity index (χ2n) is 6.96. The van der Waals surface area contributed by atoms with Crippen LogP contribution >= 0.6 is 15.9 Å². The van der Waals surface area contributed by atoms with Crippen molar-refractivity contribution in [1.82, 2.24) is 5.32 Å². The van der Waals surface area contributed by atoms with Gasteiger partial charge in [-0.1, -0.05) is 12.1 Å². The number of amides is 2. The standard InChI is InChI=1S/C22H26BrN3O3/c1-29-14-6-11-24-21(27)18-15-16(9-10-20(18)26-12-4-5-13-26)25-22(28)17-7-2-3-8-19(17)23/h2-3,7-10,15H,4-6,11-14H2,1H3,(H,24,27)(H,25,28). The van der Waals surface area contributed by atoms with E-state index < -0.39 is 0 Å². The molecule has 0 saturated carbocycles. The molecule has 7 heteroatoms. The number of halogens is 1. The van der Waals surface area contributed by atoms with Crippen molar-refractivity contribution >= 4 is 39.1 Å². The third-order valence-corrected chi connectivity index (χ3v) is 5.57. The van der Waals surface area contributed by atoms with Gasteiger partial charge in [-0.05, 0) is 65.5 Å². The van der Waals surface area contributed by atoms with E-state index in [0.29, 0.717) is 30.0 Å². The van der Waals surface area contributed by atoms with Crippen molar-refractivity contribution in [2.24, 2.45) is 0 Å². The summed E-state index contributed by atoms with van der Waals surface area (Å²) in [6.07, 6.45) is 2.99. The predicted molar refractivity (Wildman–Crippen MR) is 119 cm³/mol.